The molecule has 20 heavy (non-hydrogen) atoms. The summed E-state index contributed by atoms with van der Waals surface area (Å²) in [5.74, 6) is 1.13. The first kappa shape index (κ1) is 13.2. The fraction of sp³-hybridized carbons (Fsp3) is 0.471. The molecular formula is C17H21NO2. The SMILES string of the molecule is C/C=C1\CCC(C)N(C2CCOc3ccccc32)C1=O. The number of hydrogen-bond acceptors (Lipinski definition) is 2. The van der Waals surface area contributed by atoms with Gasteiger partial charge in [0.1, 0.15) is 5.75 Å². The van der Waals surface area contributed by atoms with Crippen LogP contribution in [0, 0.1) is 0 Å². The van der Waals surface area contributed by atoms with Crippen molar-refractivity contribution in [2.75, 3.05) is 6.61 Å². The number of piperidine rings is 1. The van der Waals surface area contributed by atoms with Gasteiger partial charge in [0.15, 0.2) is 0 Å². The molecule has 1 aromatic rings. The molecule has 0 N–H and O–H groups in total. The van der Waals surface area contributed by atoms with Crippen molar-refractivity contribution in [2.45, 2.75) is 45.2 Å². The first-order valence-electron chi connectivity index (χ1n) is 7.42. The molecule has 1 amide bonds. The average Bonchev–Trinajstić information content (AvgIpc) is 2.48. The van der Waals surface area contributed by atoms with Crippen LogP contribution in [0.5, 0.6) is 5.75 Å². The van der Waals surface area contributed by atoms with Crippen LogP contribution < -0.4 is 4.74 Å². The average molecular weight is 271 g/mol. The van der Waals surface area contributed by atoms with E-state index in [0.717, 1.165) is 36.1 Å². The Morgan fingerprint density at radius 3 is 2.90 bits per heavy atom. The van der Waals surface area contributed by atoms with Crippen LogP contribution >= 0.6 is 0 Å². The third kappa shape index (κ3) is 2.11. The van der Waals surface area contributed by atoms with Gasteiger partial charge in [-0.05, 0) is 32.8 Å². The van der Waals surface area contributed by atoms with Crippen LogP contribution in [-0.4, -0.2) is 23.5 Å². The molecule has 2 heterocycles. The van der Waals surface area contributed by atoms with Gasteiger partial charge in [0, 0.05) is 23.6 Å². The van der Waals surface area contributed by atoms with Crippen molar-refractivity contribution in [1.82, 2.24) is 4.90 Å². The monoisotopic (exact) mass is 271 g/mol. The molecule has 0 bridgehead atoms. The van der Waals surface area contributed by atoms with Crippen molar-refractivity contribution in [2.24, 2.45) is 0 Å². The van der Waals surface area contributed by atoms with Crippen LogP contribution in [0.2, 0.25) is 0 Å². The number of amides is 1. The van der Waals surface area contributed by atoms with Gasteiger partial charge in [-0.25, -0.2) is 0 Å². The standard InChI is InChI=1S/C17H21NO2/c1-3-13-9-8-12(2)18(17(13)19)15-10-11-20-16-7-5-4-6-14(15)16/h3-7,12,15H,8-11H2,1-2H3/b13-3+. The first-order valence-corrected chi connectivity index (χ1v) is 7.42. The van der Waals surface area contributed by atoms with E-state index in [4.69, 9.17) is 4.74 Å². The quantitative estimate of drug-likeness (QED) is 0.732. The number of rotatable bonds is 1. The highest BCUT2D eigenvalue weighted by atomic mass is 16.5. The lowest BCUT2D eigenvalue weighted by atomic mass is 9.91. The molecule has 0 radical (unpaired) electrons. The van der Waals surface area contributed by atoms with Gasteiger partial charge in [-0.1, -0.05) is 24.3 Å². The maximum atomic E-state index is 12.7. The predicted molar refractivity (Wildman–Crippen MR) is 78.6 cm³/mol. The fourth-order valence-corrected chi connectivity index (χ4v) is 3.31. The highest BCUT2D eigenvalue weighted by Gasteiger charge is 2.36. The van der Waals surface area contributed by atoms with Crippen LogP contribution in [-0.2, 0) is 4.79 Å². The maximum Gasteiger partial charge on any atom is 0.250 e. The zero-order chi connectivity index (χ0) is 14.1. The summed E-state index contributed by atoms with van der Waals surface area (Å²) >= 11 is 0. The summed E-state index contributed by atoms with van der Waals surface area (Å²) in [6, 6.07) is 8.54. The Kier molecular flexibility index (Phi) is 3.51. The molecule has 2 atom stereocenters. The van der Waals surface area contributed by atoms with Gasteiger partial charge in [-0.15, -0.1) is 0 Å². The van der Waals surface area contributed by atoms with Crippen LogP contribution in [0.15, 0.2) is 35.9 Å². The molecule has 0 spiro atoms. The zero-order valence-electron chi connectivity index (χ0n) is 12.1. The minimum Gasteiger partial charge on any atom is -0.493 e. The molecule has 3 heteroatoms. The molecule has 3 nitrogen and oxygen atoms in total. The lowest BCUT2D eigenvalue weighted by Crippen LogP contribution is -2.46. The van der Waals surface area contributed by atoms with E-state index in [2.05, 4.69) is 17.9 Å². The molecule has 1 fully saturated rings. The summed E-state index contributed by atoms with van der Waals surface area (Å²) in [6.07, 6.45) is 4.79. The Balaban J connectivity index is 1.98. The zero-order valence-corrected chi connectivity index (χ0v) is 12.1. The van der Waals surface area contributed by atoms with E-state index >= 15 is 0 Å². The number of carbonyl (C=O) groups excluding carboxylic acids is 1. The molecule has 2 aliphatic heterocycles. The molecule has 2 aliphatic rings. The van der Waals surface area contributed by atoms with Crippen LogP contribution in [0.25, 0.3) is 0 Å². The number of likely N-dealkylation sites (tertiary alicyclic amines) is 1. The Morgan fingerprint density at radius 2 is 2.10 bits per heavy atom. The summed E-state index contributed by atoms with van der Waals surface area (Å²) in [6.45, 7) is 4.80. The number of hydrogen-bond donors (Lipinski definition) is 0. The Labute approximate surface area is 120 Å². The minimum atomic E-state index is 0.151. The number of nitrogens with zero attached hydrogens (tertiary/aromatic N) is 1. The van der Waals surface area contributed by atoms with E-state index in [-0.39, 0.29) is 11.9 Å². The van der Waals surface area contributed by atoms with E-state index in [9.17, 15) is 4.79 Å². The Morgan fingerprint density at radius 1 is 1.30 bits per heavy atom. The second kappa shape index (κ2) is 5.31. The van der Waals surface area contributed by atoms with Gasteiger partial charge in [0.05, 0.1) is 12.6 Å². The second-order valence-corrected chi connectivity index (χ2v) is 5.60. The van der Waals surface area contributed by atoms with E-state index in [0.29, 0.717) is 12.6 Å². The maximum absolute atomic E-state index is 12.7. The lowest BCUT2D eigenvalue weighted by Gasteiger charge is -2.42. The van der Waals surface area contributed by atoms with Gasteiger partial charge in [-0.2, -0.15) is 0 Å². The van der Waals surface area contributed by atoms with Crippen molar-refractivity contribution in [3.05, 3.63) is 41.5 Å². The van der Waals surface area contributed by atoms with Crippen molar-refractivity contribution >= 4 is 5.91 Å². The fourth-order valence-electron chi connectivity index (χ4n) is 3.31. The predicted octanol–water partition coefficient (Wildman–Crippen LogP) is 3.47. The number of para-hydroxylation sites is 1. The Bertz CT molecular complexity index is 550. The van der Waals surface area contributed by atoms with Crippen molar-refractivity contribution < 1.29 is 9.53 Å². The van der Waals surface area contributed by atoms with E-state index < -0.39 is 0 Å². The van der Waals surface area contributed by atoms with E-state index in [1.54, 1.807) is 0 Å². The number of benzene rings is 1. The molecule has 0 aliphatic carbocycles. The molecule has 2 unspecified atom stereocenters. The van der Waals surface area contributed by atoms with Gasteiger partial charge in [0.25, 0.3) is 0 Å². The molecule has 3 rings (SSSR count). The largest absolute Gasteiger partial charge is 0.493 e. The normalized spacial score (nSPS) is 28.2. The summed E-state index contributed by atoms with van der Waals surface area (Å²) in [7, 11) is 0. The van der Waals surface area contributed by atoms with Gasteiger partial charge < -0.3 is 9.64 Å². The molecular weight excluding hydrogens is 250 g/mol. The first-order chi connectivity index (χ1) is 9.72. The highest BCUT2D eigenvalue weighted by molar-refractivity contribution is 5.94. The number of allylic oxidation sites excluding steroid dienone is 1. The highest BCUT2D eigenvalue weighted by Crippen LogP contribution is 2.39. The second-order valence-electron chi connectivity index (χ2n) is 5.60. The smallest absolute Gasteiger partial charge is 0.250 e. The van der Waals surface area contributed by atoms with Crippen molar-refractivity contribution in [3.8, 4) is 5.75 Å². The number of fused-ring (bicyclic) bond motifs is 1. The lowest BCUT2D eigenvalue weighted by molar-refractivity contribution is -0.134. The van der Waals surface area contributed by atoms with Gasteiger partial charge in [0.2, 0.25) is 5.91 Å². The Hall–Kier alpha value is -1.77. The van der Waals surface area contributed by atoms with Crippen molar-refractivity contribution in [3.63, 3.8) is 0 Å². The van der Waals surface area contributed by atoms with E-state index in [1.165, 1.54) is 0 Å². The van der Waals surface area contributed by atoms with Crippen LogP contribution in [0.1, 0.15) is 44.7 Å². The third-order valence-corrected chi connectivity index (χ3v) is 4.43. The third-order valence-electron chi connectivity index (χ3n) is 4.43. The molecule has 0 aromatic heterocycles. The summed E-state index contributed by atoms with van der Waals surface area (Å²) in [5, 5.41) is 0. The molecule has 0 saturated carbocycles. The molecule has 106 valence electrons. The minimum absolute atomic E-state index is 0.151. The molecule has 1 aromatic carbocycles. The van der Waals surface area contributed by atoms with Gasteiger partial charge in [-0.3, -0.25) is 4.79 Å². The summed E-state index contributed by atoms with van der Waals surface area (Å²) in [4.78, 5) is 14.8. The van der Waals surface area contributed by atoms with Crippen LogP contribution in [0.4, 0.5) is 0 Å². The summed E-state index contributed by atoms with van der Waals surface area (Å²) in [5.41, 5.74) is 2.10. The number of ether oxygens (including phenoxy) is 1. The van der Waals surface area contributed by atoms with Crippen molar-refractivity contribution in [1.29, 1.82) is 0 Å². The summed E-state index contributed by atoms with van der Waals surface area (Å²) < 4.78 is 5.72. The topological polar surface area (TPSA) is 29.5 Å². The van der Waals surface area contributed by atoms with Gasteiger partial charge >= 0.3 is 0 Å². The van der Waals surface area contributed by atoms with Crippen LogP contribution in [0.3, 0.4) is 0 Å². The number of carbonyl (C=O) groups is 1. The molecule has 1 saturated heterocycles. The van der Waals surface area contributed by atoms with E-state index in [1.807, 2.05) is 31.2 Å².